The van der Waals surface area contributed by atoms with Crippen molar-refractivity contribution < 1.29 is 9.90 Å². The monoisotopic (exact) mass is 278 g/mol. The second-order valence-electron chi connectivity index (χ2n) is 4.84. The normalized spacial score (nSPS) is 10.5. The summed E-state index contributed by atoms with van der Waals surface area (Å²) in [7, 11) is 0. The number of aromatic nitrogens is 2. The van der Waals surface area contributed by atoms with Gasteiger partial charge in [0, 0.05) is 23.6 Å². The zero-order chi connectivity index (χ0) is 14.8. The zero-order valence-corrected chi connectivity index (χ0v) is 11.5. The van der Waals surface area contributed by atoms with Crippen molar-refractivity contribution in [1.29, 1.82) is 0 Å². The molecule has 0 atom stereocenters. The fraction of sp³-hybridized carbons (Fsp3) is 0.0588. The third kappa shape index (κ3) is 2.56. The SMILES string of the molecule is Cc1ccc(-c2nccn2-c2ccc(C(=O)O)cc2)cc1. The van der Waals surface area contributed by atoms with Gasteiger partial charge in [-0.3, -0.25) is 4.57 Å². The van der Waals surface area contributed by atoms with Crippen LogP contribution in [0.15, 0.2) is 60.9 Å². The number of carboxylic acid groups (broad SMARTS) is 1. The summed E-state index contributed by atoms with van der Waals surface area (Å²) in [5.74, 6) is -0.0935. The van der Waals surface area contributed by atoms with Crippen molar-refractivity contribution in [2.45, 2.75) is 6.92 Å². The van der Waals surface area contributed by atoms with Gasteiger partial charge in [0.05, 0.1) is 5.56 Å². The summed E-state index contributed by atoms with van der Waals surface area (Å²) in [5.41, 5.74) is 3.37. The van der Waals surface area contributed by atoms with Crippen LogP contribution in [-0.2, 0) is 0 Å². The van der Waals surface area contributed by atoms with Crippen molar-refractivity contribution >= 4 is 5.97 Å². The number of carboxylic acids is 1. The molecule has 0 spiro atoms. The quantitative estimate of drug-likeness (QED) is 0.797. The van der Waals surface area contributed by atoms with Gasteiger partial charge in [-0.2, -0.15) is 0 Å². The lowest BCUT2D eigenvalue weighted by molar-refractivity contribution is 0.0697. The summed E-state index contributed by atoms with van der Waals surface area (Å²) in [6.45, 7) is 2.04. The molecule has 0 aliphatic heterocycles. The van der Waals surface area contributed by atoms with Crippen molar-refractivity contribution in [2.24, 2.45) is 0 Å². The molecule has 0 fully saturated rings. The second kappa shape index (κ2) is 5.25. The molecular weight excluding hydrogens is 264 g/mol. The van der Waals surface area contributed by atoms with Crippen molar-refractivity contribution in [1.82, 2.24) is 9.55 Å². The van der Waals surface area contributed by atoms with E-state index in [4.69, 9.17) is 5.11 Å². The number of rotatable bonds is 3. The fourth-order valence-electron chi connectivity index (χ4n) is 2.19. The fourth-order valence-corrected chi connectivity index (χ4v) is 2.19. The number of carbonyl (C=O) groups is 1. The van der Waals surface area contributed by atoms with Crippen LogP contribution < -0.4 is 0 Å². The highest BCUT2D eigenvalue weighted by Gasteiger charge is 2.08. The molecule has 0 saturated heterocycles. The molecule has 0 aliphatic rings. The maximum Gasteiger partial charge on any atom is 0.335 e. The van der Waals surface area contributed by atoms with E-state index in [0.29, 0.717) is 0 Å². The Morgan fingerprint density at radius 1 is 1.05 bits per heavy atom. The van der Waals surface area contributed by atoms with Crippen LogP contribution in [0.5, 0.6) is 0 Å². The number of aromatic carboxylic acids is 1. The molecular formula is C17H14N2O2. The van der Waals surface area contributed by atoms with Crippen LogP contribution in [0.3, 0.4) is 0 Å². The number of benzene rings is 2. The first-order chi connectivity index (χ1) is 10.1. The molecule has 104 valence electrons. The number of hydrogen-bond acceptors (Lipinski definition) is 2. The van der Waals surface area contributed by atoms with E-state index in [1.165, 1.54) is 5.56 Å². The van der Waals surface area contributed by atoms with Gasteiger partial charge in [0.15, 0.2) is 0 Å². The Balaban J connectivity index is 2.02. The highest BCUT2D eigenvalue weighted by atomic mass is 16.4. The summed E-state index contributed by atoms with van der Waals surface area (Å²) >= 11 is 0. The van der Waals surface area contributed by atoms with E-state index in [1.807, 2.05) is 42.0 Å². The molecule has 1 heterocycles. The smallest absolute Gasteiger partial charge is 0.335 e. The lowest BCUT2D eigenvalue weighted by atomic mass is 10.1. The highest BCUT2D eigenvalue weighted by Crippen LogP contribution is 2.22. The summed E-state index contributed by atoms with van der Waals surface area (Å²) in [6.07, 6.45) is 3.60. The number of aryl methyl sites for hydroxylation is 1. The van der Waals surface area contributed by atoms with Crippen LogP contribution in [-0.4, -0.2) is 20.6 Å². The predicted octanol–water partition coefficient (Wildman–Crippen LogP) is 3.55. The molecule has 3 aromatic rings. The van der Waals surface area contributed by atoms with Crippen molar-refractivity contribution in [3.05, 3.63) is 72.1 Å². The molecule has 0 aliphatic carbocycles. The zero-order valence-electron chi connectivity index (χ0n) is 11.5. The van der Waals surface area contributed by atoms with Gasteiger partial charge in [-0.05, 0) is 31.2 Å². The van der Waals surface area contributed by atoms with Crippen LogP contribution in [0.25, 0.3) is 17.1 Å². The maximum absolute atomic E-state index is 10.9. The Hall–Kier alpha value is -2.88. The number of nitrogens with zero attached hydrogens (tertiary/aromatic N) is 2. The lowest BCUT2D eigenvalue weighted by Gasteiger charge is -2.08. The average Bonchev–Trinajstić information content (AvgIpc) is 2.97. The van der Waals surface area contributed by atoms with Gasteiger partial charge >= 0.3 is 5.97 Å². The molecule has 1 aromatic heterocycles. The molecule has 0 unspecified atom stereocenters. The van der Waals surface area contributed by atoms with Gasteiger partial charge in [0.2, 0.25) is 0 Å². The molecule has 0 radical (unpaired) electrons. The van der Waals surface area contributed by atoms with Gasteiger partial charge in [-0.1, -0.05) is 29.8 Å². The highest BCUT2D eigenvalue weighted by molar-refractivity contribution is 5.87. The van der Waals surface area contributed by atoms with Crippen LogP contribution in [0, 0.1) is 6.92 Å². The van der Waals surface area contributed by atoms with Crippen LogP contribution in [0.4, 0.5) is 0 Å². The van der Waals surface area contributed by atoms with Crippen LogP contribution >= 0.6 is 0 Å². The van der Waals surface area contributed by atoms with Gasteiger partial charge in [0.1, 0.15) is 5.82 Å². The standard InChI is InChI=1S/C17H14N2O2/c1-12-2-4-13(5-3-12)16-18-10-11-19(16)15-8-6-14(7-9-15)17(20)21/h2-11H,1H3,(H,20,21). The largest absolute Gasteiger partial charge is 0.478 e. The van der Waals surface area contributed by atoms with Crippen LogP contribution in [0.1, 0.15) is 15.9 Å². The molecule has 4 nitrogen and oxygen atoms in total. The Kier molecular flexibility index (Phi) is 3.28. The van der Waals surface area contributed by atoms with E-state index in [-0.39, 0.29) is 5.56 Å². The van der Waals surface area contributed by atoms with E-state index >= 15 is 0 Å². The summed E-state index contributed by atoms with van der Waals surface area (Å²) < 4.78 is 1.94. The Labute approximate surface area is 122 Å². The van der Waals surface area contributed by atoms with E-state index in [1.54, 1.807) is 30.5 Å². The molecule has 0 saturated carbocycles. The van der Waals surface area contributed by atoms with Crippen LogP contribution in [0.2, 0.25) is 0 Å². The third-order valence-electron chi connectivity index (χ3n) is 3.34. The topological polar surface area (TPSA) is 55.1 Å². The second-order valence-corrected chi connectivity index (χ2v) is 4.84. The maximum atomic E-state index is 10.9. The summed E-state index contributed by atoms with van der Waals surface area (Å²) in [6, 6.07) is 14.9. The van der Waals surface area contributed by atoms with E-state index in [2.05, 4.69) is 4.98 Å². The molecule has 1 N–H and O–H groups in total. The van der Waals surface area contributed by atoms with E-state index < -0.39 is 5.97 Å². The number of imidazole rings is 1. The lowest BCUT2D eigenvalue weighted by Crippen LogP contribution is -1.99. The number of hydrogen-bond donors (Lipinski definition) is 1. The van der Waals surface area contributed by atoms with Gasteiger partial charge in [-0.25, -0.2) is 9.78 Å². The van der Waals surface area contributed by atoms with Gasteiger partial charge in [0.25, 0.3) is 0 Å². The van der Waals surface area contributed by atoms with Crippen molar-refractivity contribution in [2.75, 3.05) is 0 Å². The first-order valence-electron chi connectivity index (χ1n) is 6.59. The van der Waals surface area contributed by atoms with Gasteiger partial charge < -0.3 is 5.11 Å². The van der Waals surface area contributed by atoms with Gasteiger partial charge in [-0.15, -0.1) is 0 Å². The minimum absolute atomic E-state index is 0.274. The molecule has 3 rings (SSSR count). The predicted molar refractivity (Wildman–Crippen MR) is 80.7 cm³/mol. The molecule has 0 bridgehead atoms. The van der Waals surface area contributed by atoms with E-state index in [9.17, 15) is 4.79 Å². The summed E-state index contributed by atoms with van der Waals surface area (Å²) in [4.78, 5) is 15.3. The molecule has 0 amide bonds. The Morgan fingerprint density at radius 3 is 2.33 bits per heavy atom. The minimum atomic E-state index is -0.925. The molecule has 4 heteroatoms. The molecule has 2 aromatic carbocycles. The third-order valence-corrected chi connectivity index (χ3v) is 3.34. The first-order valence-corrected chi connectivity index (χ1v) is 6.59. The first kappa shape index (κ1) is 13.1. The molecule has 21 heavy (non-hydrogen) atoms. The Bertz CT molecular complexity index is 771. The van der Waals surface area contributed by atoms with Crippen molar-refractivity contribution in [3.63, 3.8) is 0 Å². The Morgan fingerprint density at radius 2 is 1.71 bits per heavy atom. The minimum Gasteiger partial charge on any atom is -0.478 e. The van der Waals surface area contributed by atoms with Crippen molar-refractivity contribution in [3.8, 4) is 17.1 Å². The van der Waals surface area contributed by atoms with E-state index in [0.717, 1.165) is 17.1 Å². The average molecular weight is 278 g/mol. The summed E-state index contributed by atoms with van der Waals surface area (Å²) in [5, 5.41) is 8.95.